The van der Waals surface area contributed by atoms with E-state index in [0.29, 0.717) is 43.9 Å². The smallest absolute Gasteiger partial charge is 0.243 e. The van der Waals surface area contributed by atoms with Crippen LogP contribution >= 0.6 is 0 Å². The van der Waals surface area contributed by atoms with Gasteiger partial charge in [-0.05, 0) is 49.9 Å². The Bertz CT molecular complexity index is 639. The topological polar surface area (TPSA) is 66.8 Å². The first-order valence-corrected chi connectivity index (χ1v) is 8.81. The minimum atomic E-state index is -3.49. The van der Waals surface area contributed by atoms with Crippen LogP contribution in [0, 0.1) is 0 Å². The van der Waals surface area contributed by atoms with E-state index in [-0.39, 0.29) is 0 Å². The normalized spacial score (nSPS) is 27.0. The standard InChI is InChI=1S/C15H21NO4S/c1-15(17)6-2-8-16(9-7-15)21(18,19)13-3-4-14-12(11-13)5-10-20-14/h3-4,11,17H,2,5-10H2,1H3. The fourth-order valence-corrected chi connectivity index (χ4v) is 4.48. The highest BCUT2D eigenvalue weighted by Crippen LogP contribution is 2.30. The number of fused-ring (bicyclic) bond motifs is 1. The highest BCUT2D eigenvalue weighted by atomic mass is 32.2. The molecular weight excluding hydrogens is 290 g/mol. The molecule has 2 aliphatic heterocycles. The molecule has 1 N–H and O–H groups in total. The molecule has 1 aromatic carbocycles. The van der Waals surface area contributed by atoms with Crippen LogP contribution < -0.4 is 4.74 Å². The second-order valence-electron chi connectivity index (χ2n) is 6.12. The molecule has 1 aromatic rings. The second-order valence-corrected chi connectivity index (χ2v) is 8.06. The van der Waals surface area contributed by atoms with Gasteiger partial charge in [0, 0.05) is 19.5 Å². The zero-order valence-electron chi connectivity index (χ0n) is 12.2. The summed E-state index contributed by atoms with van der Waals surface area (Å²) in [6.07, 6.45) is 2.55. The van der Waals surface area contributed by atoms with Crippen LogP contribution in [0.1, 0.15) is 31.7 Å². The molecule has 1 unspecified atom stereocenters. The van der Waals surface area contributed by atoms with Gasteiger partial charge >= 0.3 is 0 Å². The largest absolute Gasteiger partial charge is 0.493 e. The van der Waals surface area contributed by atoms with Crippen LogP contribution in [0.3, 0.4) is 0 Å². The zero-order valence-corrected chi connectivity index (χ0v) is 13.0. The van der Waals surface area contributed by atoms with Gasteiger partial charge in [0.25, 0.3) is 0 Å². The van der Waals surface area contributed by atoms with E-state index in [1.807, 2.05) is 0 Å². The molecule has 1 saturated heterocycles. The van der Waals surface area contributed by atoms with E-state index >= 15 is 0 Å². The molecule has 0 amide bonds. The lowest BCUT2D eigenvalue weighted by Crippen LogP contribution is -2.33. The van der Waals surface area contributed by atoms with Crippen molar-refractivity contribution < 1.29 is 18.3 Å². The van der Waals surface area contributed by atoms with Gasteiger partial charge in [0.05, 0.1) is 17.1 Å². The van der Waals surface area contributed by atoms with E-state index in [0.717, 1.165) is 17.7 Å². The molecule has 0 aliphatic carbocycles. The summed E-state index contributed by atoms with van der Waals surface area (Å²) < 4.78 is 32.4. The van der Waals surface area contributed by atoms with E-state index in [2.05, 4.69) is 0 Å². The number of nitrogens with zero attached hydrogens (tertiary/aromatic N) is 1. The summed E-state index contributed by atoms with van der Waals surface area (Å²) in [6.45, 7) is 3.22. The van der Waals surface area contributed by atoms with Crippen LogP contribution in [0.4, 0.5) is 0 Å². The first-order valence-electron chi connectivity index (χ1n) is 7.37. The fourth-order valence-electron chi connectivity index (χ4n) is 2.95. The van der Waals surface area contributed by atoms with Gasteiger partial charge in [0.2, 0.25) is 10.0 Å². The average Bonchev–Trinajstić information content (AvgIpc) is 2.81. The Morgan fingerprint density at radius 2 is 2.10 bits per heavy atom. The molecular formula is C15H21NO4S. The minimum Gasteiger partial charge on any atom is -0.493 e. The van der Waals surface area contributed by atoms with Gasteiger partial charge in [-0.1, -0.05) is 0 Å². The van der Waals surface area contributed by atoms with Crippen molar-refractivity contribution in [3.05, 3.63) is 23.8 Å². The molecule has 1 fully saturated rings. The second kappa shape index (κ2) is 5.26. The summed E-state index contributed by atoms with van der Waals surface area (Å²) in [5.74, 6) is 0.785. The quantitative estimate of drug-likeness (QED) is 0.900. The Kier molecular flexibility index (Phi) is 3.71. The summed E-state index contributed by atoms with van der Waals surface area (Å²) in [5.41, 5.74) is 0.189. The lowest BCUT2D eigenvalue weighted by atomic mass is 9.98. The Hall–Kier alpha value is -1.11. The number of hydrogen-bond donors (Lipinski definition) is 1. The minimum absolute atomic E-state index is 0.327. The van der Waals surface area contributed by atoms with Crippen LogP contribution in [0.15, 0.2) is 23.1 Å². The van der Waals surface area contributed by atoms with Gasteiger partial charge in [-0.25, -0.2) is 8.42 Å². The van der Waals surface area contributed by atoms with E-state index in [4.69, 9.17) is 4.74 Å². The molecule has 2 aliphatic rings. The highest BCUT2D eigenvalue weighted by molar-refractivity contribution is 7.89. The van der Waals surface area contributed by atoms with Crippen LogP contribution in [-0.2, 0) is 16.4 Å². The number of hydrogen-bond acceptors (Lipinski definition) is 4. The molecule has 0 aromatic heterocycles. The Morgan fingerprint density at radius 1 is 1.29 bits per heavy atom. The Morgan fingerprint density at radius 3 is 2.90 bits per heavy atom. The third kappa shape index (κ3) is 2.93. The van der Waals surface area contributed by atoms with Gasteiger partial charge in [0.1, 0.15) is 5.75 Å². The summed E-state index contributed by atoms with van der Waals surface area (Å²) in [6, 6.07) is 5.08. The number of sulfonamides is 1. The fraction of sp³-hybridized carbons (Fsp3) is 0.600. The molecule has 2 heterocycles. The van der Waals surface area contributed by atoms with E-state index in [1.165, 1.54) is 4.31 Å². The SMILES string of the molecule is CC1(O)CCCN(S(=O)(=O)c2ccc3c(c2)CCO3)CC1. The highest BCUT2D eigenvalue weighted by Gasteiger charge is 2.32. The lowest BCUT2D eigenvalue weighted by molar-refractivity contribution is 0.0465. The van der Waals surface area contributed by atoms with E-state index in [1.54, 1.807) is 25.1 Å². The van der Waals surface area contributed by atoms with Crippen molar-refractivity contribution in [2.24, 2.45) is 0 Å². The zero-order chi connectivity index (χ0) is 15.1. The van der Waals surface area contributed by atoms with Crippen molar-refractivity contribution >= 4 is 10.0 Å². The van der Waals surface area contributed by atoms with Crippen LogP contribution in [0.2, 0.25) is 0 Å². The van der Waals surface area contributed by atoms with Gasteiger partial charge < -0.3 is 9.84 Å². The molecule has 21 heavy (non-hydrogen) atoms. The molecule has 116 valence electrons. The van der Waals surface area contributed by atoms with Crippen LogP contribution in [-0.4, -0.2) is 43.1 Å². The summed E-state index contributed by atoms with van der Waals surface area (Å²) in [4.78, 5) is 0.327. The third-order valence-corrected chi connectivity index (χ3v) is 6.22. The molecule has 0 bridgehead atoms. The number of rotatable bonds is 2. The van der Waals surface area contributed by atoms with Crippen molar-refractivity contribution in [1.29, 1.82) is 0 Å². The monoisotopic (exact) mass is 311 g/mol. The predicted octanol–water partition coefficient (Wildman–Crippen LogP) is 1.55. The molecule has 0 radical (unpaired) electrons. The van der Waals surface area contributed by atoms with Gasteiger partial charge in [0.15, 0.2) is 0 Å². The van der Waals surface area contributed by atoms with Crippen molar-refractivity contribution in [2.45, 2.75) is 43.1 Å². The average molecular weight is 311 g/mol. The van der Waals surface area contributed by atoms with Crippen molar-refractivity contribution in [3.8, 4) is 5.75 Å². The first-order chi connectivity index (χ1) is 9.88. The van der Waals surface area contributed by atoms with Gasteiger partial charge in [-0.3, -0.25) is 0 Å². The van der Waals surface area contributed by atoms with E-state index < -0.39 is 15.6 Å². The lowest BCUT2D eigenvalue weighted by Gasteiger charge is -2.22. The Balaban J connectivity index is 1.86. The maximum absolute atomic E-state index is 12.8. The summed E-state index contributed by atoms with van der Waals surface area (Å²) in [7, 11) is -3.49. The van der Waals surface area contributed by atoms with Crippen molar-refractivity contribution in [3.63, 3.8) is 0 Å². The summed E-state index contributed by atoms with van der Waals surface area (Å²) >= 11 is 0. The predicted molar refractivity (Wildman–Crippen MR) is 78.9 cm³/mol. The van der Waals surface area contributed by atoms with Gasteiger partial charge in [-0.15, -0.1) is 0 Å². The summed E-state index contributed by atoms with van der Waals surface area (Å²) in [5, 5.41) is 10.1. The van der Waals surface area contributed by atoms with Crippen molar-refractivity contribution in [1.82, 2.24) is 4.31 Å². The maximum Gasteiger partial charge on any atom is 0.243 e. The molecule has 0 saturated carbocycles. The first kappa shape index (κ1) is 14.8. The molecule has 1 atom stereocenters. The Labute approximate surface area is 125 Å². The van der Waals surface area contributed by atoms with Gasteiger partial charge in [-0.2, -0.15) is 4.31 Å². The number of aliphatic hydroxyl groups is 1. The number of ether oxygens (including phenoxy) is 1. The molecule has 3 rings (SSSR count). The molecule has 0 spiro atoms. The van der Waals surface area contributed by atoms with Crippen LogP contribution in [0.25, 0.3) is 0 Å². The van der Waals surface area contributed by atoms with Crippen molar-refractivity contribution in [2.75, 3.05) is 19.7 Å². The molecule has 6 heteroatoms. The van der Waals surface area contributed by atoms with E-state index in [9.17, 15) is 13.5 Å². The number of benzene rings is 1. The molecule has 5 nitrogen and oxygen atoms in total. The maximum atomic E-state index is 12.8. The van der Waals surface area contributed by atoms with Crippen LogP contribution in [0.5, 0.6) is 5.75 Å². The third-order valence-electron chi connectivity index (χ3n) is 4.32.